The molecule has 340 valence electrons. The fourth-order valence-electron chi connectivity index (χ4n) is 5.77. The topological polar surface area (TPSA) is 397 Å². The summed E-state index contributed by atoms with van der Waals surface area (Å²) in [5, 5.41) is 8.14. The quantitative estimate of drug-likeness (QED) is 0.0244. The fraction of sp³-hybridized carbons (Fsp3) is 0.579. The van der Waals surface area contributed by atoms with E-state index in [2.05, 4.69) is 45.8 Å². The number of anilines is 2. The van der Waals surface area contributed by atoms with E-state index in [1.807, 2.05) is 24.3 Å². The van der Waals surface area contributed by atoms with Gasteiger partial charge in [-0.3, -0.25) is 39.6 Å². The Bertz CT molecular complexity index is 1670. The number of carbonyl (C=O) groups is 3. The molecule has 23 heteroatoms. The number of halogens is 1. The van der Waals surface area contributed by atoms with E-state index in [0.717, 1.165) is 56.3 Å². The first-order valence-electron chi connectivity index (χ1n) is 20.5. The third-order valence-electron chi connectivity index (χ3n) is 9.13. The maximum absolute atomic E-state index is 12.5. The van der Waals surface area contributed by atoms with E-state index in [9.17, 15) is 14.4 Å². The van der Waals surface area contributed by atoms with Crippen molar-refractivity contribution in [2.24, 2.45) is 55.1 Å². The minimum atomic E-state index is -0.693. The second-order valence-electron chi connectivity index (χ2n) is 14.3. The number of hydrogen-bond acceptors (Lipinski definition) is 14. The first-order valence-corrected chi connectivity index (χ1v) is 20.8. The predicted molar refractivity (Wildman–Crippen MR) is 241 cm³/mol. The molecule has 0 saturated carbocycles. The molecule has 61 heavy (non-hydrogen) atoms. The Morgan fingerprint density at radius 1 is 0.689 bits per heavy atom. The summed E-state index contributed by atoms with van der Waals surface area (Å²) >= 11 is 5.84. The number of hydrogen-bond donors (Lipinski definition) is 12. The number of unbranched alkanes of at least 4 members (excludes halogenated alkanes) is 3. The molecule has 1 aromatic heterocycles. The van der Waals surface area contributed by atoms with Crippen LogP contribution < -0.4 is 72.3 Å². The summed E-state index contributed by atoms with van der Waals surface area (Å²) in [7, 11) is 0. The highest BCUT2D eigenvalue weighted by molar-refractivity contribution is 6.31. The standard InChI is InChI=1S/C38H67ClN18O4/c39-30-32(43)55-31(42)29(54-30)35(60)56-38(48)53-18-4-1-9-25-12-14-26(15-13-25)61-24-23-57(21-7-19-49-33(58)27(40)10-2-5-16-51-36(44)45)22-8-20-50-34(59)28(41)11-3-6-17-52-37(46)47/h12-15,27-28H,1-11,16-24,40-41H2,(H,49,58)(H,50,59)(H4,42,43,55)(H4,44,45,51)(H4,46,47,52)(H3,48,53,56,60). The molecule has 0 aliphatic heterocycles. The van der Waals surface area contributed by atoms with Crippen molar-refractivity contribution in [2.75, 3.05) is 70.4 Å². The molecule has 1 heterocycles. The van der Waals surface area contributed by atoms with Crippen LogP contribution in [0.25, 0.3) is 0 Å². The van der Waals surface area contributed by atoms with E-state index in [4.69, 9.17) is 67.9 Å². The van der Waals surface area contributed by atoms with Gasteiger partial charge in [-0.15, -0.1) is 0 Å². The van der Waals surface area contributed by atoms with E-state index in [1.54, 1.807) is 0 Å². The van der Waals surface area contributed by atoms with Gasteiger partial charge < -0.3 is 67.0 Å². The molecule has 2 atom stereocenters. The highest BCUT2D eigenvalue weighted by Crippen LogP contribution is 2.17. The van der Waals surface area contributed by atoms with E-state index in [0.29, 0.717) is 84.6 Å². The number of nitrogen functional groups attached to an aromatic ring is 2. The van der Waals surface area contributed by atoms with Crippen LogP contribution in [0.15, 0.2) is 39.2 Å². The van der Waals surface area contributed by atoms with Gasteiger partial charge in [-0.25, -0.2) is 9.97 Å². The molecule has 0 aliphatic rings. The number of aromatic nitrogens is 2. The summed E-state index contributed by atoms with van der Waals surface area (Å²) in [6.45, 7) is 4.80. The maximum Gasteiger partial charge on any atom is 0.280 e. The average molecular weight is 876 g/mol. The number of amides is 3. The predicted octanol–water partition coefficient (Wildman–Crippen LogP) is -1.40. The van der Waals surface area contributed by atoms with E-state index < -0.39 is 18.0 Å². The van der Waals surface area contributed by atoms with Gasteiger partial charge in [0, 0.05) is 39.3 Å². The number of guanidine groups is 3. The van der Waals surface area contributed by atoms with Gasteiger partial charge in [0.05, 0.1) is 12.1 Å². The van der Waals surface area contributed by atoms with Crippen LogP contribution in [0.2, 0.25) is 5.15 Å². The van der Waals surface area contributed by atoms with Crippen molar-refractivity contribution < 1.29 is 19.1 Å². The van der Waals surface area contributed by atoms with Crippen molar-refractivity contribution in [3.05, 3.63) is 40.7 Å². The van der Waals surface area contributed by atoms with Crippen molar-refractivity contribution in [3.8, 4) is 5.75 Å². The van der Waals surface area contributed by atoms with Crippen molar-refractivity contribution in [1.29, 1.82) is 0 Å². The molecule has 0 radical (unpaired) electrons. The lowest BCUT2D eigenvalue weighted by Crippen LogP contribution is -2.42. The molecule has 2 rings (SSSR count). The average Bonchev–Trinajstić information content (AvgIpc) is 3.21. The Morgan fingerprint density at radius 3 is 1.75 bits per heavy atom. The number of aryl methyl sites for hydroxylation is 1. The monoisotopic (exact) mass is 875 g/mol. The maximum atomic E-state index is 12.5. The summed E-state index contributed by atoms with van der Waals surface area (Å²) in [6.07, 6.45) is 7.80. The number of nitrogens with two attached hydrogens (primary N) is 9. The summed E-state index contributed by atoms with van der Waals surface area (Å²) < 4.78 is 6.08. The van der Waals surface area contributed by atoms with E-state index in [1.165, 1.54) is 0 Å². The van der Waals surface area contributed by atoms with Crippen molar-refractivity contribution >= 4 is 58.8 Å². The Hall–Kier alpha value is -5.71. The van der Waals surface area contributed by atoms with E-state index >= 15 is 0 Å². The van der Waals surface area contributed by atoms with Crippen molar-refractivity contribution in [1.82, 2.24) is 30.8 Å². The van der Waals surface area contributed by atoms with Crippen LogP contribution in [0.4, 0.5) is 11.6 Å². The summed E-state index contributed by atoms with van der Waals surface area (Å²) in [4.78, 5) is 59.4. The number of ether oxygens (including phenoxy) is 1. The third-order valence-corrected chi connectivity index (χ3v) is 9.40. The molecule has 0 spiro atoms. The van der Waals surface area contributed by atoms with Gasteiger partial charge in [-0.05, 0) is 101 Å². The summed E-state index contributed by atoms with van der Waals surface area (Å²) in [6, 6.07) is 6.68. The number of rotatable bonds is 30. The molecule has 0 saturated heterocycles. The lowest BCUT2D eigenvalue weighted by atomic mass is 10.1. The second-order valence-corrected chi connectivity index (χ2v) is 14.6. The minimum Gasteiger partial charge on any atom is -0.492 e. The molecule has 22 nitrogen and oxygen atoms in total. The van der Waals surface area contributed by atoms with Gasteiger partial charge in [0.15, 0.2) is 40.4 Å². The van der Waals surface area contributed by atoms with Crippen LogP contribution in [0.3, 0.4) is 0 Å². The van der Waals surface area contributed by atoms with Gasteiger partial charge in [-0.1, -0.05) is 23.7 Å². The molecule has 2 unspecified atom stereocenters. The van der Waals surface area contributed by atoms with Crippen molar-refractivity contribution in [2.45, 2.75) is 82.7 Å². The molecule has 1 aromatic carbocycles. The Morgan fingerprint density at radius 2 is 1.21 bits per heavy atom. The second kappa shape index (κ2) is 29.5. The van der Waals surface area contributed by atoms with Crippen LogP contribution in [0.5, 0.6) is 5.75 Å². The highest BCUT2D eigenvalue weighted by Gasteiger charge is 2.17. The van der Waals surface area contributed by atoms with E-state index in [-0.39, 0.29) is 52.2 Å². The molecule has 0 aliphatic carbocycles. The number of nitrogens with one attached hydrogen (secondary N) is 3. The zero-order valence-electron chi connectivity index (χ0n) is 35.0. The third kappa shape index (κ3) is 23.0. The van der Waals surface area contributed by atoms with Crippen LogP contribution in [0.1, 0.15) is 80.3 Å². The minimum absolute atomic E-state index is 0.0445. The van der Waals surface area contributed by atoms with Gasteiger partial charge in [0.2, 0.25) is 11.8 Å². The molecular weight excluding hydrogens is 808 g/mol. The van der Waals surface area contributed by atoms with Crippen LogP contribution in [-0.4, -0.2) is 122 Å². The van der Waals surface area contributed by atoms with Crippen molar-refractivity contribution in [3.63, 3.8) is 0 Å². The SMILES string of the molecule is NC(N)=NCCCCC(N)C(=O)NCCCN(CCCNC(=O)C(N)CCCCN=C(N)N)CCOc1ccc(CCCCN=C(N)NC(=O)c2nc(Cl)c(N)nc2N)cc1. The first-order chi connectivity index (χ1) is 29.2. The van der Waals surface area contributed by atoms with Crippen LogP contribution >= 0.6 is 11.6 Å². The molecule has 0 bridgehead atoms. The summed E-state index contributed by atoms with van der Waals surface area (Å²) in [5.74, 6) is -0.588. The fourth-order valence-corrected chi connectivity index (χ4v) is 5.89. The molecule has 2 aromatic rings. The molecular formula is C38H67ClN18O4. The number of benzene rings is 1. The van der Waals surface area contributed by atoms with Crippen LogP contribution in [0, 0.1) is 0 Å². The molecule has 0 fully saturated rings. The smallest absolute Gasteiger partial charge is 0.280 e. The van der Waals surface area contributed by atoms with Gasteiger partial charge in [0.1, 0.15) is 12.4 Å². The van der Waals surface area contributed by atoms with Gasteiger partial charge in [0.25, 0.3) is 5.91 Å². The van der Waals surface area contributed by atoms with Gasteiger partial charge in [-0.2, -0.15) is 0 Å². The normalized spacial score (nSPS) is 12.3. The number of aliphatic imine (C=N–C) groups is 3. The Labute approximate surface area is 362 Å². The zero-order chi connectivity index (χ0) is 45.0. The molecule has 21 N–H and O–H groups in total. The van der Waals surface area contributed by atoms with Gasteiger partial charge >= 0.3 is 0 Å². The Kier molecular flexibility index (Phi) is 24.9. The van der Waals surface area contributed by atoms with Crippen LogP contribution in [-0.2, 0) is 16.0 Å². The molecule has 3 amide bonds. The highest BCUT2D eigenvalue weighted by atomic mass is 35.5. The largest absolute Gasteiger partial charge is 0.492 e. The number of nitrogens with zero attached hydrogens (tertiary/aromatic N) is 6. The lowest BCUT2D eigenvalue weighted by molar-refractivity contribution is -0.123. The first kappa shape index (κ1) is 51.4. The lowest BCUT2D eigenvalue weighted by Gasteiger charge is -2.23. The summed E-state index contributed by atoms with van der Waals surface area (Å²) in [5.41, 5.74) is 51.6. The zero-order valence-corrected chi connectivity index (χ0v) is 35.8. The Balaban J connectivity index is 1.79. The number of carbonyl (C=O) groups excluding carboxylic acids is 3.